The Bertz CT molecular complexity index is 684. The maximum Gasteiger partial charge on any atom is 0.193 e. The van der Waals surface area contributed by atoms with Gasteiger partial charge in [-0.15, -0.1) is 0 Å². The Kier molecular flexibility index (Phi) is 6.35. The van der Waals surface area contributed by atoms with E-state index in [4.69, 9.17) is 5.73 Å². The largest absolute Gasteiger partial charge is 0.370 e. The molecule has 5 heteroatoms. The lowest BCUT2D eigenvalue weighted by molar-refractivity contribution is 0.683. The van der Waals surface area contributed by atoms with Gasteiger partial charge in [-0.1, -0.05) is 44.2 Å². The topological polar surface area (TPSA) is 67.5 Å². The highest BCUT2D eigenvalue weighted by atomic mass is 32.2. The molecule has 23 heavy (non-hydrogen) atoms. The standard InChI is InChI=1S/C18H23N3OS/c1-14(2)15-7-6-8-16(13-15)21-18(19)20-11-12-23(22)17-9-4-3-5-10-17/h3-10,13-14H,11-12H2,1-2H3,(H3,19,20,21). The van der Waals surface area contributed by atoms with Crippen LogP contribution >= 0.6 is 0 Å². The minimum atomic E-state index is -1.05. The third kappa shape index (κ3) is 5.53. The van der Waals surface area contributed by atoms with Crippen LogP contribution in [0.1, 0.15) is 25.3 Å². The summed E-state index contributed by atoms with van der Waals surface area (Å²) < 4.78 is 12.1. The van der Waals surface area contributed by atoms with Gasteiger partial charge in [-0.05, 0) is 35.7 Å². The molecule has 0 aliphatic rings. The molecular weight excluding hydrogens is 306 g/mol. The number of anilines is 1. The molecule has 0 aliphatic heterocycles. The van der Waals surface area contributed by atoms with E-state index in [1.165, 1.54) is 5.56 Å². The highest BCUT2D eigenvalue weighted by Crippen LogP contribution is 2.18. The molecule has 0 fully saturated rings. The number of guanidine groups is 1. The van der Waals surface area contributed by atoms with Gasteiger partial charge < -0.3 is 11.1 Å². The lowest BCUT2D eigenvalue weighted by Gasteiger charge is -2.10. The van der Waals surface area contributed by atoms with Gasteiger partial charge in [0.15, 0.2) is 5.96 Å². The molecular formula is C18H23N3OS. The second-order valence-corrected chi connectivity index (χ2v) is 7.11. The van der Waals surface area contributed by atoms with Crippen molar-refractivity contribution in [2.24, 2.45) is 10.7 Å². The van der Waals surface area contributed by atoms with Gasteiger partial charge >= 0.3 is 0 Å². The summed E-state index contributed by atoms with van der Waals surface area (Å²) in [5.74, 6) is 1.26. The maximum absolute atomic E-state index is 12.1. The lowest BCUT2D eigenvalue weighted by atomic mass is 10.0. The van der Waals surface area contributed by atoms with Crippen LogP contribution in [0.2, 0.25) is 0 Å². The second-order valence-electron chi connectivity index (χ2n) is 5.53. The monoisotopic (exact) mass is 329 g/mol. The molecule has 0 radical (unpaired) electrons. The summed E-state index contributed by atoms with van der Waals surface area (Å²) in [6, 6.07) is 17.5. The van der Waals surface area contributed by atoms with E-state index in [-0.39, 0.29) is 0 Å². The molecule has 2 aromatic carbocycles. The second kappa shape index (κ2) is 8.48. The number of benzene rings is 2. The van der Waals surface area contributed by atoms with Crippen LogP contribution in [0.15, 0.2) is 64.5 Å². The highest BCUT2D eigenvalue weighted by molar-refractivity contribution is 7.85. The van der Waals surface area contributed by atoms with Crippen molar-refractivity contribution in [2.45, 2.75) is 24.7 Å². The average Bonchev–Trinajstić information content (AvgIpc) is 2.55. The molecule has 0 aromatic heterocycles. The maximum atomic E-state index is 12.1. The van der Waals surface area contributed by atoms with E-state index in [0.717, 1.165) is 10.6 Å². The first kappa shape index (κ1) is 17.2. The minimum Gasteiger partial charge on any atom is -0.370 e. The van der Waals surface area contributed by atoms with E-state index < -0.39 is 10.8 Å². The fourth-order valence-electron chi connectivity index (χ4n) is 2.10. The van der Waals surface area contributed by atoms with E-state index >= 15 is 0 Å². The van der Waals surface area contributed by atoms with Crippen molar-refractivity contribution in [3.8, 4) is 0 Å². The van der Waals surface area contributed by atoms with Gasteiger partial charge in [0.05, 0.1) is 17.3 Å². The van der Waals surface area contributed by atoms with Crippen molar-refractivity contribution >= 4 is 22.4 Å². The number of nitrogens with one attached hydrogen (secondary N) is 1. The zero-order chi connectivity index (χ0) is 16.7. The molecule has 0 heterocycles. The van der Waals surface area contributed by atoms with E-state index in [1.807, 2.05) is 42.5 Å². The Morgan fingerprint density at radius 1 is 1.17 bits per heavy atom. The molecule has 122 valence electrons. The van der Waals surface area contributed by atoms with Gasteiger partial charge in [-0.2, -0.15) is 0 Å². The smallest absolute Gasteiger partial charge is 0.193 e. The van der Waals surface area contributed by atoms with Crippen LogP contribution in [0, 0.1) is 0 Å². The number of aliphatic imine (C=N–C) groups is 1. The van der Waals surface area contributed by atoms with Crippen molar-refractivity contribution in [1.29, 1.82) is 0 Å². The molecule has 3 N–H and O–H groups in total. The summed E-state index contributed by atoms with van der Waals surface area (Å²) in [6.07, 6.45) is 0. The van der Waals surface area contributed by atoms with Crippen molar-refractivity contribution in [2.75, 3.05) is 17.6 Å². The first-order valence-electron chi connectivity index (χ1n) is 7.66. The molecule has 1 atom stereocenters. The summed E-state index contributed by atoms with van der Waals surface area (Å²) >= 11 is 0. The third-order valence-electron chi connectivity index (χ3n) is 3.39. The molecule has 0 aliphatic carbocycles. The summed E-state index contributed by atoms with van der Waals surface area (Å²) in [7, 11) is -1.05. The molecule has 2 aromatic rings. The molecule has 2 rings (SSSR count). The normalized spacial score (nSPS) is 13.1. The van der Waals surface area contributed by atoms with E-state index in [9.17, 15) is 4.21 Å². The Labute approximate surface area is 140 Å². The Morgan fingerprint density at radius 2 is 1.91 bits per heavy atom. The molecule has 0 bridgehead atoms. The number of rotatable bonds is 6. The van der Waals surface area contributed by atoms with Crippen LogP contribution < -0.4 is 11.1 Å². The number of nitrogens with zero attached hydrogens (tertiary/aromatic N) is 1. The average molecular weight is 329 g/mol. The molecule has 4 nitrogen and oxygen atoms in total. The van der Waals surface area contributed by atoms with Crippen LogP contribution in [0.5, 0.6) is 0 Å². The predicted molar refractivity (Wildman–Crippen MR) is 98.4 cm³/mol. The summed E-state index contributed by atoms with van der Waals surface area (Å²) in [6.45, 7) is 4.72. The highest BCUT2D eigenvalue weighted by Gasteiger charge is 2.03. The van der Waals surface area contributed by atoms with Crippen LogP contribution in [-0.2, 0) is 10.8 Å². The zero-order valence-corrected chi connectivity index (χ0v) is 14.3. The van der Waals surface area contributed by atoms with Gasteiger partial charge in [-0.25, -0.2) is 0 Å². The van der Waals surface area contributed by atoms with Crippen molar-refractivity contribution < 1.29 is 4.21 Å². The Morgan fingerprint density at radius 3 is 2.61 bits per heavy atom. The van der Waals surface area contributed by atoms with Crippen LogP contribution in [0.25, 0.3) is 0 Å². The van der Waals surface area contributed by atoms with Crippen molar-refractivity contribution in [1.82, 2.24) is 0 Å². The summed E-state index contributed by atoms with van der Waals surface area (Å²) in [4.78, 5) is 5.07. The van der Waals surface area contributed by atoms with Crippen LogP contribution in [-0.4, -0.2) is 22.5 Å². The Hall–Kier alpha value is -2.14. The quantitative estimate of drug-likeness (QED) is 0.631. The van der Waals surface area contributed by atoms with E-state index in [0.29, 0.717) is 24.2 Å². The fourth-order valence-corrected chi connectivity index (χ4v) is 3.06. The molecule has 1 unspecified atom stereocenters. The van der Waals surface area contributed by atoms with Crippen LogP contribution in [0.4, 0.5) is 5.69 Å². The molecule has 0 spiro atoms. The number of nitrogens with two attached hydrogens (primary N) is 1. The lowest BCUT2D eigenvalue weighted by Crippen LogP contribution is -2.23. The van der Waals surface area contributed by atoms with Gasteiger partial charge in [-0.3, -0.25) is 9.20 Å². The predicted octanol–water partition coefficient (Wildman–Crippen LogP) is 3.34. The first-order valence-corrected chi connectivity index (χ1v) is 8.98. The number of hydrogen-bond donors (Lipinski definition) is 2. The van der Waals surface area contributed by atoms with Crippen molar-refractivity contribution in [3.63, 3.8) is 0 Å². The van der Waals surface area contributed by atoms with Gasteiger partial charge in [0, 0.05) is 16.3 Å². The fraction of sp³-hybridized carbons (Fsp3) is 0.278. The first-order chi connectivity index (χ1) is 11.1. The van der Waals surface area contributed by atoms with Gasteiger partial charge in [0.25, 0.3) is 0 Å². The summed E-state index contributed by atoms with van der Waals surface area (Å²) in [5.41, 5.74) is 8.06. The molecule has 0 amide bonds. The van der Waals surface area contributed by atoms with Crippen LogP contribution in [0.3, 0.4) is 0 Å². The van der Waals surface area contributed by atoms with Crippen molar-refractivity contribution in [3.05, 3.63) is 60.2 Å². The summed E-state index contributed by atoms with van der Waals surface area (Å²) in [5, 5.41) is 3.08. The molecule has 0 saturated carbocycles. The van der Waals surface area contributed by atoms with E-state index in [1.54, 1.807) is 0 Å². The SMILES string of the molecule is CC(C)c1cccc(NC(N)=NCCS(=O)c2ccccc2)c1. The number of hydrogen-bond acceptors (Lipinski definition) is 2. The minimum absolute atomic E-state index is 0.343. The Balaban J connectivity index is 1.88. The van der Waals surface area contributed by atoms with Gasteiger partial charge in [0.2, 0.25) is 0 Å². The molecule has 0 saturated heterocycles. The third-order valence-corrected chi connectivity index (χ3v) is 4.74. The zero-order valence-electron chi connectivity index (χ0n) is 13.5. The van der Waals surface area contributed by atoms with Gasteiger partial charge in [0.1, 0.15) is 0 Å². The van der Waals surface area contributed by atoms with E-state index in [2.05, 4.69) is 36.3 Å².